The van der Waals surface area contributed by atoms with Crippen LogP contribution in [0.2, 0.25) is 0 Å². The summed E-state index contributed by atoms with van der Waals surface area (Å²) in [5, 5.41) is 14.9. The fourth-order valence-corrected chi connectivity index (χ4v) is 4.85. The number of rotatable bonds is 3. The van der Waals surface area contributed by atoms with Crippen LogP contribution in [-0.4, -0.2) is 17.6 Å². The van der Waals surface area contributed by atoms with Gasteiger partial charge in [0.15, 0.2) is 0 Å². The van der Waals surface area contributed by atoms with Gasteiger partial charge in [0.05, 0.1) is 17.0 Å². The van der Waals surface area contributed by atoms with E-state index in [1.54, 1.807) is 22.7 Å². The number of carbonyl (C=O) groups is 1. The van der Waals surface area contributed by atoms with E-state index in [1.807, 2.05) is 11.4 Å². The van der Waals surface area contributed by atoms with Crippen molar-refractivity contribution >= 4 is 33.6 Å². The van der Waals surface area contributed by atoms with Crippen LogP contribution in [0.3, 0.4) is 0 Å². The number of carboxylic acid groups (broad SMARTS) is 1. The Hall–Kier alpha value is -1.33. The van der Waals surface area contributed by atoms with Crippen molar-refractivity contribution in [1.29, 1.82) is 0 Å². The topological polar surface area (TPSA) is 40.5 Å². The number of aliphatic carboxylic acids is 1. The minimum Gasteiger partial charge on any atom is -0.481 e. The molecule has 0 radical (unpaired) electrons. The fraction of sp³-hybridized carbons (Fsp3) is 0.400. The largest absolute Gasteiger partial charge is 0.481 e. The van der Waals surface area contributed by atoms with E-state index in [0.29, 0.717) is 0 Å². The van der Waals surface area contributed by atoms with Gasteiger partial charge < -0.3 is 10.0 Å². The van der Waals surface area contributed by atoms with Crippen LogP contribution in [-0.2, 0) is 4.79 Å². The van der Waals surface area contributed by atoms with Crippen molar-refractivity contribution in [2.45, 2.75) is 25.8 Å². The first kappa shape index (κ1) is 13.6. The first-order valence-corrected chi connectivity index (χ1v) is 8.51. The predicted octanol–water partition coefficient (Wildman–Crippen LogP) is 4.16. The summed E-state index contributed by atoms with van der Waals surface area (Å²) in [7, 11) is 0. The highest BCUT2D eigenvalue weighted by atomic mass is 32.1. The Balaban J connectivity index is 2.03. The van der Waals surface area contributed by atoms with Crippen molar-refractivity contribution in [2.75, 3.05) is 11.4 Å². The Morgan fingerprint density at radius 2 is 2.20 bits per heavy atom. The summed E-state index contributed by atoms with van der Waals surface area (Å²) in [6.45, 7) is 3.04. The van der Waals surface area contributed by atoms with Crippen molar-refractivity contribution < 1.29 is 9.90 Å². The predicted molar refractivity (Wildman–Crippen MR) is 83.8 cm³/mol. The Morgan fingerprint density at radius 3 is 2.80 bits per heavy atom. The van der Waals surface area contributed by atoms with Crippen molar-refractivity contribution in [1.82, 2.24) is 0 Å². The van der Waals surface area contributed by atoms with Crippen molar-refractivity contribution in [3.8, 4) is 0 Å². The number of nitrogens with zero attached hydrogens (tertiary/aromatic N) is 1. The molecule has 2 aromatic heterocycles. The molecule has 2 atom stereocenters. The number of thiophene rings is 2. The highest BCUT2D eigenvalue weighted by molar-refractivity contribution is 7.14. The lowest BCUT2D eigenvalue weighted by atomic mass is 9.88. The molecule has 1 saturated heterocycles. The molecule has 5 heteroatoms. The SMILES string of the molecule is Cc1ccsc1N1CCCC(C(=O)O)C1c1cccs1. The van der Waals surface area contributed by atoms with E-state index in [0.717, 1.165) is 24.3 Å². The van der Waals surface area contributed by atoms with Gasteiger partial charge in [-0.15, -0.1) is 22.7 Å². The summed E-state index contributed by atoms with van der Waals surface area (Å²) >= 11 is 3.37. The number of aryl methyl sites for hydroxylation is 1. The zero-order valence-electron chi connectivity index (χ0n) is 11.3. The lowest BCUT2D eigenvalue weighted by Crippen LogP contribution is -2.41. The van der Waals surface area contributed by atoms with Crippen LogP contribution in [0.5, 0.6) is 0 Å². The maximum absolute atomic E-state index is 11.6. The molecule has 0 spiro atoms. The van der Waals surface area contributed by atoms with Gasteiger partial charge in [0.1, 0.15) is 0 Å². The van der Waals surface area contributed by atoms with Crippen molar-refractivity contribution in [3.05, 3.63) is 39.4 Å². The van der Waals surface area contributed by atoms with Gasteiger partial charge in [0, 0.05) is 11.4 Å². The summed E-state index contributed by atoms with van der Waals surface area (Å²) in [6, 6.07) is 6.15. The van der Waals surface area contributed by atoms with E-state index in [2.05, 4.69) is 29.3 Å². The van der Waals surface area contributed by atoms with Gasteiger partial charge in [-0.3, -0.25) is 4.79 Å². The molecule has 0 bridgehead atoms. The van der Waals surface area contributed by atoms with Crippen LogP contribution in [0.25, 0.3) is 0 Å². The molecule has 106 valence electrons. The quantitative estimate of drug-likeness (QED) is 0.925. The van der Waals surface area contributed by atoms with Crippen LogP contribution in [0.15, 0.2) is 29.0 Å². The molecule has 20 heavy (non-hydrogen) atoms. The highest BCUT2D eigenvalue weighted by Gasteiger charge is 2.38. The van der Waals surface area contributed by atoms with Gasteiger partial charge in [0.25, 0.3) is 0 Å². The van der Waals surface area contributed by atoms with E-state index in [-0.39, 0.29) is 12.0 Å². The monoisotopic (exact) mass is 307 g/mol. The number of anilines is 1. The average Bonchev–Trinajstić information content (AvgIpc) is 3.08. The van der Waals surface area contributed by atoms with E-state index < -0.39 is 5.97 Å². The maximum atomic E-state index is 11.6. The minimum atomic E-state index is -0.678. The smallest absolute Gasteiger partial charge is 0.308 e. The fourth-order valence-electron chi connectivity index (χ4n) is 2.95. The first-order valence-electron chi connectivity index (χ1n) is 6.75. The molecule has 1 fully saturated rings. The Kier molecular flexibility index (Phi) is 3.81. The molecule has 3 rings (SSSR count). The van der Waals surface area contributed by atoms with E-state index in [9.17, 15) is 9.90 Å². The van der Waals surface area contributed by atoms with Crippen molar-refractivity contribution in [3.63, 3.8) is 0 Å². The van der Waals surface area contributed by atoms with Crippen LogP contribution in [0.4, 0.5) is 5.00 Å². The number of hydrogen-bond acceptors (Lipinski definition) is 4. The molecule has 1 aliphatic heterocycles. The van der Waals surface area contributed by atoms with E-state index in [1.165, 1.54) is 10.6 Å². The second-order valence-electron chi connectivity index (χ2n) is 5.15. The molecule has 1 aliphatic rings. The highest BCUT2D eigenvalue weighted by Crippen LogP contribution is 2.43. The molecular weight excluding hydrogens is 290 g/mol. The summed E-state index contributed by atoms with van der Waals surface area (Å²) in [5.41, 5.74) is 1.24. The van der Waals surface area contributed by atoms with Crippen molar-refractivity contribution in [2.24, 2.45) is 5.92 Å². The van der Waals surface area contributed by atoms with Gasteiger partial charge in [-0.25, -0.2) is 0 Å². The van der Waals surface area contributed by atoms with Crippen LogP contribution in [0, 0.1) is 12.8 Å². The number of carboxylic acids is 1. The third kappa shape index (κ3) is 2.36. The summed E-state index contributed by atoms with van der Waals surface area (Å²) in [4.78, 5) is 15.1. The summed E-state index contributed by atoms with van der Waals surface area (Å²) < 4.78 is 0. The molecule has 3 nitrogen and oxygen atoms in total. The third-order valence-electron chi connectivity index (χ3n) is 3.88. The Labute approximate surface area is 126 Å². The van der Waals surface area contributed by atoms with Gasteiger partial charge in [-0.05, 0) is 48.2 Å². The lowest BCUT2D eigenvalue weighted by Gasteiger charge is -2.40. The van der Waals surface area contributed by atoms with Gasteiger partial charge in [0.2, 0.25) is 0 Å². The molecule has 2 unspecified atom stereocenters. The second kappa shape index (κ2) is 5.58. The normalized spacial score (nSPS) is 22.9. The summed E-state index contributed by atoms with van der Waals surface area (Å²) in [5.74, 6) is -0.994. The molecule has 0 aromatic carbocycles. The first-order chi connectivity index (χ1) is 9.68. The molecule has 3 heterocycles. The standard InChI is InChI=1S/C15H17NO2S2/c1-10-6-9-20-14(10)16-7-2-4-11(15(17)18)13(16)12-5-3-8-19-12/h3,5-6,8-9,11,13H,2,4,7H2,1H3,(H,17,18). The second-order valence-corrected chi connectivity index (χ2v) is 7.02. The zero-order valence-corrected chi connectivity index (χ0v) is 12.9. The van der Waals surface area contributed by atoms with Crippen LogP contribution >= 0.6 is 22.7 Å². The lowest BCUT2D eigenvalue weighted by molar-refractivity contribution is -0.143. The summed E-state index contributed by atoms with van der Waals surface area (Å²) in [6.07, 6.45) is 1.70. The Morgan fingerprint density at radius 1 is 1.35 bits per heavy atom. The third-order valence-corrected chi connectivity index (χ3v) is 5.87. The van der Waals surface area contributed by atoms with Gasteiger partial charge in [-0.2, -0.15) is 0 Å². The van der Waals surface area contributed by atoms with Gasteiger partial charge >= 0.3 is 5.97 Å². The van der Waals surface area contributed by atoms with Crippen LogP contribution in [0.1, 0.15) is 29.3 Å². The average molecular weight is 307 g/mol. The zero-order chi connectivity index (χ0) is 14.1. The minimum absolute atomic E-state index is 0.0291. The Bertz CT molecular complexity index is 591. The van der Waals surface area contributed by atoms with E-state index in [4.69, 9.17) is 0 Å². The molecule has 0 amide bonds. The molecule has 0 saturated carbocycles. The number of hydrogen-bond donors (Lipinski definition) is 1. The molecule has 2 aromatic rings. The molecule has 0 aliphatic carbocycles. The van der Waals surface area contributed by atoms with Gasteiger partial charge in [-0.1, -0.05) is 6.07 Å². The maximum Gasteiger partial charge on any atom is 0.308 e. The molecular formula is C15H17NO2S2. The van der Waals surface area contributed by atoms with Crippen LogP contribution < -0.4 is 4.90 Å². The van der Waals surface area contributed by atoms with E-state index >= 15 is 0 Å². The molecule has 1 N–H and O–H groups in total. The number of piperidine rings is 1.